The van der Waals surface area contributed by atoms with Gasteiger partial charge in [-0.1, -0.05) is 12.1 Å². The van der Waals surface area contributed by atoms with Crippen molar-refractivity contribution in [2.24, 2.45) is 0 Å². The number of phenolic OH excluding ortho intramolecular Hbond substituents is 1. The van der Waals surface area contributed by atoms with Crippen LogP contribution in [0.4, 0.5) is 0 Å². The van der Waals surface area contributed by atoms with Crippen LogP contribution in [0.25, 0.3) is 5.76 Å². The second-order valence-corrected chi connectivity index (χ2v) is 9.42. The third kappa shape index (κ3) is 5.89. The maximum absolute atomic E-state index is 13.3. The Morgan fingerprint density at radius 2 is 1.84 bits per heavy atom. The Bertz CT molecular complexity index is 1170. The Morgan fingerprint density at radius 3 is 2.51 bits per heavy atom. The number of benzene rings is 2. The summed E-state index contributed by atoms with van der Waals surface area (Å²) in [6, 6.07) is 10.7. The van der Waals surface area contributed by atoms with Gasteiger partial charge in [0.05, 0.1) is 43.6 Å². The summed E-state index contributed by atoms with van der Waals surface area (Å²) in [5.74, 6) is -1.18. The Morgan fingerprint density at radius 1 is 1.08 bits per heavy atom. The summed E-state index contributed by atoms with van der Waals surface area (Å²) >= 11 is 0. The number of carbonyl (C=O) groups excluding carboxylic acids is 2. The maximum atomic E-state index is 13.3. The topological polar surface area (TPSA) is 109 Å². The SMILES string of the molecule is COc1ccc(C(O)=C2C(=O)C(=O)N(CCCN3CCOCC3)C2c2cccc(OC(C)C)c2)c(O)c1. The average Bonchev–Trinajstić information content (AvgIpc) is 3.13. The zero-order chi connectivity index (χ0) is 26.5. The number of morpholine rings is 1. The molecule has 2 aromatic carbocycles. The Kier molecular flexibility index (Phi) is 8.35. The minimum atomic E-state index is -0.832. The molecule has 2 fully saturated rings. The van der Waals surface area contributed by atoms with Crippen molar-refractivity contribution in [2.45, 2.75) is 32.4 Å². The first-order valence-electron chi connectivity index (χ1n) is 12.5. The van der Waals surface area contributed by atoms with Crippen LogP contribution < -0.4 is 9.47 Å². The van der Waals surface area contributed by atoms with E-state index in [9.17, 15) is 19.8 Å². The van der Waals surface area contributed by atoms with E-state index in [-0.39, 0.29) is 23.0 Å². The summed E-state index contributed by atoms with van der Waals surface area (Å²) in [5.41, 5.74) is 0.614. The molecule has 0 aromatic heterocycles. The van der Waals surface area contributed by atoms with Crippen molar-refractivity contribution >= 4 is 17.4 Å². The monoisotopic (exact) mass is 510 g/mol. The summed E-state index contributed by atoms with van der Waals surface area (Å²) in [4.78, 5) is 30.3. The van der Waals surface area contributed by atoms with Gasteiger partial charge in [0.1, 0.15) is 23.0 Å². The number of phenols is 1. The van der Waals surface area contributed by atoms with Crippen molar-refractivity contribution in [3.63, 3.8) is 0 Å². The van der Waals surface area contributed by atoms with Gasteiger partial charge in [-0.3, -0.25) is 14.5 Å². The number of hydrogen-bond donors (Lipinski definition) is 2. The van der Waals surface area contributed by atoms with Gasteiger partial charge in [0.2, 0.25) is 0 Å². The lowest BCUT2D eigenvalue weighted by Crippen LogP contribution is -2.39. The number of aliphatic hydroxyl groups excluding tert-OH is 1. The van der Waals surface area contributed by atoms with Gasteiger partial charge >= 0.3 is 0 Å². The largest absolute Gasteiger partial charge is 0.507 e. The molecule has 2 saturated heterocycles. The molecule has 0 spiro atoms. The molecule has 0 aliphatic carbocycles. The number of nitrogens with zero attached hydrogens (tertiary/aromatic N) is 2. The van der Waals surface area contributed by atoms with Crippen LogP contribution in [-0.4, -0.2) is 84.3 Å². The fraction of sp³-hybridized carbons (Fsp3) is 0.429. The molecule has 9 heteroatoms. The lowest BCUT2D eigenvalue weighted by atomic mass is 9.94. The third-order valence-corrected chi connectivity index (χ3v) is 6.52. The maximum Gasteiger partial charge on any atom is 0.295 e. The Hall–Kier alpha value is -3.56. The molecule has 0 radical (unpaired) electrons. The van der Waals surface area contributed by atoms with Crippen LogP contribution in [0.1, 0.15) is 37.4 Å². The van der Waals surface area contributed by atoms with E-state index in [0.717, 1.165) is 19.6 Å². The molecule has 2 N–H and O–H groups in total. The first kappa shape index (κ1) is 26.5. The van der Waals surface area contributed by atoms with E-state index >= 15 is 0 Å². The minimum absolute atomic E-state index is 0.0479. The number of likely N-dealkylation sites (tertiary alicyclic amines) is 1. The number of aliphatic hydroxyl groups is 1. The zero-order valence-corrected chi connectivity index (χ0v) is 21.5. The van der Waals surface area contributed by atoms with Gasteiger partial charge < -0.3 is 29.3 Å². The van der Waals surface area contributed by atoms with E-state index in [2.05, 4.69) is 4.90 Å². The standard InChI is InChI=1S/C28H34N2O7/c1-18(2)37-21-7-4-6-19(16-21)25-24(26(32)22-9-8-20(35-3)17-23(22)31)27(33)28(34)30(25)11-5-10-29-12-14-36-15-13-29/h4,6-9,16-18,25,31-32H,5,10-15H2,1-3H3. The lowest BCUT2D eigenvalue weighted by Gasteiger charge is -2.29. The van der Waals surface area contributed by atoms with E-state index in [0.29, 0.717) is 43.2 Å². The van der Waals surface area contributed by atoms with Gasteiger partial charge in [0.25, 0.3) is 11.7 Å². The predicted octanol–water partition coefficient (Wildman–Crippen LogP) is 3.33. The van der Waals surface area contributed by atoms with E-state index in [4.69, 9.17) is 14.2 Å². The Balaban J connectivity index is 1.72. The van der Waals surface area contributed by atoms with Crippen molar-refractivity contribution in [1.29, 1.82) is 0 Å². The molecule has 1 unspecified atom stereocenters. The molecule has 2 aromatic rings. The minimum Gasteiger partial charge on any atom is -0.507 e. The lowest BCUT2D eigenvalue weighted by molar-refractivity contribution is -0.140. The molecule has 1 amide bonds. The second kappa shape index (κ2) is 11.7. The molecule has 198 valence electrons. The van der Waals surface area contributed by atoms with Crippen molar-refractivity contribution in [3.8, 4) is 17.2 Å². The first-order valence-corrected chi connectivity index (χ1v) is 12.5. The molecule has 2 aliphatic rings. The fourth-order valence-corrected chi connectivity index (χ4v) is 4.76. The number of methoxy groups -OCH3 is 1. The summed E-state index contributed by atoms with van der Waals surface area (Å²) in [6.07, 6.45) is 0.589. The number of hydrogen-bond acceptors (Lipinski definition) is 8. The van der Waals surface area contributed by atoms with Crippen LogP contribution in [0.2, 0.25) is 0 Å². The van der Waals surface area contributed by atoms with Crippen LogP contribution in [0.15, 0.2) is 48.0 Å². The predicted molar refractivity (Wildman–Crippen MR) is 138 cm³/mol. The number of carbonyl (C=O) groups is 2. The van der Waals surface area contributed by atoms with Crippen molar-refractivity contribution in [2.75, 3.05) is 46.5 Å². The van der Waals surface area contributed by atoms with Gasteiger partial charge in [-0.15, -0.1) is 0 Å². The van der Waals surface area contributed by atoms with Gasteiger partial charge in [0.15, 0.2) is 0 Å². The molecule has 1 atom stereocenters. The molecule has 2 heterocycles. The van der Waals surface area contributed by atoms with Gasteiger partial charge in [-0.2, -0.15) is 0 Å². The summed E-state index contributed by atoms with van der Waals surface area (Å²) in [6.45, 7) is 7.92. The quantitative estimate of drug-likeness (QED) is 0.300. The molecular weight excluding hydrogens is 476 g/mol. The molecule has 4 rings (SSSR count). The molecular formula is C28H34N2O7. The average molecular weight is 511 g/mol. The smallest absolute Gasteiger partial charge is 0.295 e. The zero-order valence-electron chi connectivity index (χ0n) is 21.5. The number of Topliss-reactive ketones (excluding diaryl/α,β-unsaturated/α-hetero) is 1. The van der Waals surface area contributed by atoms with Gasteiger partial charge in [-0.25, -0.2) is 0 Å². The molecule has 37 heavy (non-hydrogen) atoms. The number of ketones is 1. The highest BCUT2D eigenvalue weighted by Gasteiger charge is 2.46. The number of ether oxygens (including phenoxy) is 3. The van der Waals surface area contributed by atoms with Crippen molar-refractivity contribution in [1.82, 2.24) is 9.80 Å². The van der Waals surface area contributed by atoms with Gasteiger partial charge in [-0.05, 0) is 50.1 Å². The van der Waals surface area contributed by atoms with Crippen molar-refractivity contribution < 1.29 is 34.0 Å². The number of amides is 1. The van der Waals surface area contributed by atoms with Crippen LogP contribution in [0, 0.1) is 0 Å². The van der Waals surface area contributed by atoms with E-state index in [1.54, 1.807) is 24.3 Å². The molecule has 0 saturated carbocycles. The van der Waals surface area contributed by atoms with Crippen LogP contribution >= 0.6 is 0 Å². The molecule has 0 bridgehead atoms. The number of aromatic hydroxyl groups is 1. The normalized spacial score (nSPS) is 20.0. The fourth-order valence-electron chi connectivity index (χ4n) is 4.76. The molecule has 9 nitrogen and oxygen atoms in total. The highest BCUT2D eigenvalue weighted by Crippen LogP contribution is 2.42. The molecule has 2 aliphatic heterocycles. The first-order chi connectivity index (χ1) is 17.8. The van der Waals surface area contributed by atoms with Crippen LogP contribution in [0.3, 0.4) is 0 Å². The van der Waals surface area contributed by atoms with E-state index in [1.165, 1.54) is 24.1 Å². The second-order valence-electron chi connectivity index (χ2n) is 9.42. The summed E-state index contributed by atoms with van der Waals surface area (Å²) in [7, 11) is 1.46. The van der Waals surface area contributed by atoms with Crippen molar-refractivity contribution in [3.05, 3.63) is 59.2 Å². The highest BCUT2D eigenvalue weighted by atomic mass is 16.5. The highest BCUT2D eigenvalue weighted by molar-refractivity contribution is 6.46. The van der Waals surface area contributed by atoms with Gasteiger partial charge in [0, 0.05) is 32.2 Å². The van der Waals surface area contributed by atoms with Crippen LogP contribution in [-0.2, 0) is 14.3 Å². The van der Waals surface area contributed by atoms with E-state index < -0.39 is 23.5 Å². The van der Waals surface area contributed by atoms with E-state index in [1.807, 2.05) is 19.9 Å². The van der Waals surface area contributed by atoms with Crippen LogP contribution in [0.5, 0.6) is 17.2 Å². The summed E-state index contributed by atoms with van der Waals surface area (Å²) in [5, 5.41) is 21.8. The Labute approximate surface area is 216 Å². The summed E-state index contributed by atoms with van der Waals surface area (Å²) < 4.78 is 16.4. The number of rotatable bonds is 9. The third-order valence-electron chi connectivity index (χ3n) is 6.52.